The number of hydrogen-bond donors (Lipinski definition) is 1. The van der Waals surface area contributed by atoms with Crippen molar-refractivity contribution in [2.45, 2.75) is 44.8 Å². The van der Waals surface area contributed by atoms with Crippen LogP contribution in [0.3, 0.4) is 0 Å². The van der Waals surface area contributed by atoms with E-state index >= 15 is 0 Å². The Morgan fingerprint density at radius 3 is 2.42 bits per heavy atom. The number of rotatable bonds is 5. The molecule has 1 aliphatic rings. The van der Waals surface area contributed by atoms with E-state index in [9.17, 15) is 0 Å². The largest absolute Gasteiger partial charge is 0.380 e. The summed E-state index contributed by atoms with van der Waals surface area (Å²) >= 11 is 0. The van der Waals surface area contributed by atoms with Crippen LogP contribution in [-0.4, -0.2) is 26.3 Å². The third-order valence-corrected chi connectivity index (χ3v) is 3.10. The van der Waals surface area contributed by atoms with E-state index in [1.807, 2.05) is 14.2 Å². The predicted molar refractivity (Wildman–Crippen MR) is 51.3 cm³/mol. The van der Waals surface area contributed by atoms with E-state index in [1.165, 1.54) is 19.3 Å². The summed E-state index contributed by atoms with van der Waals surface area (Å²) in [7, 11) is 3.86. The van der Waals surface area contributed by atoms with Gasteiger partial charge in [0.15, 0.2) is 0 Å². The molecule has 0 aromatic rings. The molecular formula is C10H21NO. The molecule has 1 saturated carbocycles. The minimum atomic E-state index is 0.403. The van der Waals surface area contributed by atoms with Crippen LogP contribution >= 0.6 is 0 Å². The topological polar surface area (TPSA) is 21.3 Å². The van der Waals surface area contributed by atoms with Gasteiger partial charge in [0.25, 0.3) is 0 Å². The molecule has 12 heavy (non-hydrogen) atoms. The van der Waals surface area contributed by atoms with Crippen molar-refractivity contribution in [1.29, 1.82) is 0 Å². The van der Waals surface area contributed by atoms with Crippen LogP contribution in [0.2, 0.25) is 0 Å². The molecule has 2 heteroatoms. The average molecular weight is 171 g/mol. The van der Waals surface area contributed by atoms with Crippen LogP contribution < -0.4 is 5.32 Å². The summed E-state index contributed by atoms with van der Waals surface area (Å²) < 4.78 is 5.45. The van der Waals surface area contributed by atoms with E-state index in [0.29, 0.717) is 12.1 Å². The summed E-state index contributed by atoms with van der Waals surface area (Å²) in [5.41, 5.74) is 0. The first kappa shape index (κ1) is 10.0. The first-order valence-corrected chi connectivity index (χ1v) is 5.03. The van der Waals surface area contributed by atoms with Gasteiger partial charge in [0.1, 0.15) is 0 Å². The van der Waals surface area contributed by atoms with E-state index < -0.39 is 0 Å². The molecule has 0 aromatic heterocycles. The number of nitrogens with one attached hydrogen (secondary N) is 1. The number of ether oxygens (including phenoxy) is 1. The van der Waals surface area contributed by atoms with E-state index in [2.05, 4.69) is 12.2 Å². The Morgan fingerprint density at radius 1 is 1.50 bits per heavy atom. The lowest BCUT2D eigenvalue weighted by Crippen LogP contribution is -2.46. The molecule has 0 radical (unpaired) electrons. The van der Waals surface area contributed by atoms with Crippen molar-refractivity contribution >= 4 is 0 Å². The summed E-state index contributed by atoms with van der Waals surface area (Å²) in [6.45, 7) is 2.19. The van der Waals surface area contributed by atoms with Crippen molar-refractivity contribution in [3.63, 3.8) is 0 Å². The van der Waals surface area contributed by atoms with Crippen molar-refractivity contribution in [3.8, 4) is 0 Å². The molecule has 0 aliphatic heterocycles. The quantitative estimate of drug-likeness (QED) is 0.681. The van der Waals surface area contributed by atoms with Crippen LogP contribution in [0, 0.1) is 5.92 Å². The molecule has 2 atom stereocenters. The zero-order chi connectivity index (χ0) is 8.97. The lowest BCUT2D eigenvalue weighted by Gasteiger charge is -2.37. The van der Waals surface area contributed by atoms with Crippen LogP contribution in [0.4, 0.5) is 0 Å². The monoisotopic (exact) mass is 171 g/mol. The fourth-order valence-electron chi connectivity index (χ4n) is 2.09. The summed E-state index contributed by atoms with van der Waals surface area (Å²) in [5.74, 6) is 0.861. The number of likely N-dealkylation sites (N-methyl/N-ethyl adjacent to an activating group) is 1. The van der Waals surface area contributed by atoms with E-state index in [-0.39, 0.29) is 0 Å². The van der Waals surface area contributed by atoms with E-state index in [4.69, 9.17) is 4.74 Å². The Kier molecular flexibility index (Phi) is 4.02. The molecule has 1 rings (SSSR count). The second-order valence-electron chi connectivity index (χ2n) is 3.69. The zero-order valence-corrected chi connectivity index (χ0v) is 8.47. The zero-order valence-electron chi connectivity index (χ0n) is 8.47. The molecule has 2 unspecified atom stereocenters. The van der Waals surface area contributed by atoms with Gasteiger partial charge in [-0.1, -0.05) is 13.3 Å². The summed E-state index contributed by atoms with van der Waals surface area (Å²) in [5, 5.41) is 3.38. The third-order valence-electron chi connectivity index (χ3n) is 3.10. The maximum absolute atomic E-state index is 5.45. The highest BCUT2D eigenvalue weighted by Gasteiger charge is 2.31. The summed E-state index contributed by atoms with van der Waals surface area (Å²) in [4.78, 5) is 0. The van der Waals surface area contributed by atoms with Crippen LogP contribution in [0.15, 0.2) is 0 Å². The second-order valence-corrected chi connectivity index (χ2v) is 3.69. The van der Waals surface area contributed by atoms with Crippen molar-refractivity contribution in [3.05, 3.63) is 0 Å². The van der Waals surface area contributed by atoms with Gasteiger partial charge >= 0.3 is 0 Å². The molecule has 0 heterocycles. The Hall–Kier alpha value is -0.0800. The highest BCUT2D eigenvalue weighted by atomic mass is 16.5. The molecule has 0 amide bonds. The Morgan fingerprint density at radius 2 is 2.17 bits per heavy atom. The minimum Gasteiger partial charge on any atom is -0.380 e. The first-order chi connectivity index (χ1) is 5.83. The van der Waals surface area contributed by atoms with Crippen LogP contribution in [0.25, 0.3) is 0 Å². The van der Waals surface area contributed by atoms with Gasteiger partial charge < -0.3 is 10.1 Å². The van der Waals surface area contributed by atoms with E-state index in [1.54, 1.807) is 0 Å². The van der Waals surface area contributed by atoms with Crippen molar-refractivity contribution in [2.24, 2.45) is 5.92 Å². The SMILES string of the molecule is CCC(OC)C(NC)C1CCC1. The molecule has 1 aliphatic carbocycles. The smallest absolute Gasteiger partial charge is 0.0724 e. The molecule has 2 nitrogen and oxygen atoms in total. The molecular weight excluding hydrogens is 150 g/mol. The number of hydrogen-bond acceptors (Lipinski definition) is 2. The Balaban J connectivity index is 2.40. The molecule has 0 saturated heterocycles. The second kappa shape index (κ2) is 4.83. The van der Waals surface area contributed by atoms with Crippen LogP contribution in [0.5, 0.6) is 0 Å². The highest BCUT2D eigenvalue weighted by Crippen LogP contribution is 2.31. The van der Waals surface area contributed by atoms with Crippen molar-refractivity contribution in [2.75, 3.05) is 14.2 Å². The Bertz CT molecular complexity index is 119. The molecule has 0 bridgehead atoms. The maximum Gasteiger partial charge on any atom is 0.0724 e. The van der Waals surface area contributed by atoms with Gasteiger partial charge in [0, 0.05) is 13.2 Å². The fraction of sp³-hybridized carbons (Fsp3) is 1.00. The van der Waals surface area contributed by atoms with E-state index in [0.717, 1.165) is 12.3 Å². The minimum absolute atomic E-state index is 0.403. The maximum atomic E-state index is 5.45. The normalized spacial score (nSPS) is 23.2. The van der Waals surface area contributed by atoms with Gasteiger partial charge in [-0.15, -0.1) is 0 Å². The standard InChI is InChI=1S/C10H21NO/c1-4-9(12-3)10(11-2)8-6-5-7-8/h8-11H,4-7H2,1-3H3. The molecule has 72 valence electrons. The van der Waals surface area contributed by atoms with Gasteiger partial charge in [-0.3, -0.25) is 0 Å². The predicted octanol–water partition coefficient (Wildman–Crippen LogP) is 1.80. The molecule has 0 spiro atoms. The van der Waals surface area contributed by atoms with Crippen LogP contribution in [0.1, 0.15) is 32.6 Å². The third kappa shape index (κ3) is 1.99. The Labute approximate surface area is 75.7 Å². The van der Waals surface area contributed by atoms with Gasteiger partial charge in [-0.2, -0.15) is 0 Å². The van der Waals surface area contributed by atoms with Gasteiger partial charge in [0.2, 0.25) is 0 Å². The average Bonchev–Trinajstić information content (AvgIpc) is 2.01. The van der Waals surface area contributed by atoms with Gasteiger partial charge in [0.05, 0.1) is 6.10 Å². The lowest BCUT2D eigenvalue weighted by atomic mass is 9.77. The summed E-state index contributed by atoms with van der Waals surface area (Å²) in [6, 6.07) is 0.578. The first-order valence-electron chi connectivity index (χ1n) is 5.03. The number of methoxy groups -OCH3 is 1. The van der Waals surface area contributed by atoms with Crippen molar-refractivity contribution < 1.29 is 4.74 Å². The fourth-order valence-corrected chi connectivity index (χ4v) is 2.09. The molecule has 1 N–H and O–H groups in total. The highest BCUT2D eigenvalue weighted by molar-refractivity contribution is 4.86. The molecule has 1 fully saturated rings. The van der Waals surface area contributed by atoms with Gasteiger partial charge in [-0.25, -0.2) is 0 Å². The molecule has 0 aromatic carbocycles. The van der Waals surface area contributed by atoms with Crippen molar-refractivity contribution in [1.82, 2.24) is 5.32 Å². The van der Waals surface area contributed by atoms with Crippen LogP contribution in [-0.2, 0) is 4.74 Å². The van der Waals surface area contributed by atoms with Gasteiger partial charge in [-0.05, 0) is 32.2 Å². The lowest BCUT2D eigenvalue weighted by molar-refractivity contribution is 0.0306. The summed E-state index contributed by atoms with van der Waals surface area (Å²) in [6.07, 6.45) is 5.68.